The van der Waals surface area contributed by atoms with Gasteiger partial charge in [0.15, 0.2) is 0 Å². The first kappa shape index (κ1) is 15.3. The summed E-state index contributed by atoms with van der Waals surface area (Å²) in [5.41, 5.74) is 1.86. The van der Waals surface area contributed by atoms with Crippen molar-refractivity contribution in [1.82, 2.24) is 5.32 Å². The van der Waals surface area contributed by atoms with Crippen LogP contribution in [0.1, 0.15) is 15.9 Å². The van der Waals surface area contributed by atoms with Crippen LogP contribution in [0.15, 0.2) is 52.6 Å². The summed E-state index contributed by atoms with van der Waals surface area (Å²) in [6, 6.07) is 12.3. The summed E-state index contributed by atoms with van der Waals surface area (Å²) in [5.74, 6) is 0.0217. The second-order valence-corrected chi connectivity index (χ2v) is 5.85. The van der Waals surface area contributed by atoms with Crippen LogP contribution in [0, 0.1) is 0 Å². The molecule has 2 aromatic carbocycles. The number of fused-ring (bicyclic) bond motifs is 1. The Morgan fingerprint density at radius 2 is 1.74 bits per heavy atom. The summed E-state index contributed by atoms with van der Waals surface area (Å²) >= 11 is 3.32. The Labute approximate surface area is 141 Å². The quantitative estimate of drug-likeness (QED) is 0.795. The van der Waals surface area contributed by atoms with E-state index in [0.29, 0.717) is 11.3 Å². The fraction of sp³-hybridized carbons (Fsp3) is 0.0588. The predicted octanol–water partition coefficient (Wildman–Crippen LogP) is 3.18. The first-order valence-corrected chi connectivity index (χ1v) is 7.64. The molecule has 0 radical (unpaired) electrons. The molecule has 3 rings (SSSR count). The number of anilines is 1. The number of hydrogen-bond donors (Lipinski definition) is 2. The molecule has 0 aromatic heterocycles. The van der Waals surface area contributed by atoms with E-state index in [-0.39, 0.29) is 17.5 Å². The van der Waals surface area contributed by atoms with Crippen LogP contribution in [0.3, 0.4) is 0 Å². The highest BCUT2D eigenvalue weighted by atomic mass is 79.9. The van der Waals surface area contributed by atoms with E-state index in [0.717, 1.165) is 15.8 Å². The van der Waals surface area contributed by atoms with Gasteiger partial charge < -0.3 is 15.4 Å². The van der Waals surface area contributed by atoms with E-state index in [1.54, 1.807) is 55.7 Å². The molecule has 2 aromatic rings. The maximum Gasteiger partial charge on any atom is 0.272 e. The van der Waals surface area contributed by atoms with Gasteiger partial charge in [0.2, 0.25) is 0 Å². The molecule has 1 heterocycles. The number of ether oxygens (including phenoxy) is 1. The second-order valence-electron chi connectivity index (χ2n) is 4.93. The van der Waals surface area contributed by atoms with Gasteiger partial charge in [-0.1, -0.05) is 28.1 Å². The lowest BCUT2D eigenvalue weighted by molar-refractivity contribution is -0.113. The molecule has 6 heteroatoms. The van der Waals surface area contributed by atoms with Crippen LogP contribution < -0.4 is 15.4 Å². The summed E-state index contributed by atoms with van der Waals surface area (Å²) in [5, 5.41) is 5.38. The summed E-state index contributed by atoms with van der Waals surface area (Å²) in [6.45, 7) is 0. The molecular formula is C17H13BrN2O3. The van der Waals surface area contributed by atoms with E-state index in [9.17, 15) is 9.59 Å². The fourth-order valence-electron chi connectivity index (χ4n) is 2.22. The molecule has 5 nitrogen and oxygen atoms in total. The first-order valence-electron chi connectivity index (χ1n) is 6.85. The minimum absolute atomic E-state index is 0.187. The third-order valence-electron chi connectivity index (χ3n) is 3.39. The average Bonchev–Trinajstić information content (AvgIpc) is 2.66. The molecule has 1 aliphatic heterocycles. The van der Waals surface area contributed by atoms with Gasteiger partial charge in [-0.15, -0.1) is 0 Å². The molecule has 0 unspecified atom stereocenters. The van der Waals surface area contributed by atoms with Gasteiger partial charge >= 0.3 is 0 Å². The molecule has 23 heavy (non-hydrogen) atoms. The second kappa shape index (κ2) is 6.26. The molecule has 0 bridgehead atoms. The van der Waals surface area contributed by atoms with E-state index < -0.39 is 0 Å². The zero-order valence-electron chi connectivity index (χ0n) is 12.2. The molecule has 2 amide bonds. The maximum absolute atomic E-state index is 12.3. The van der Waals surface area contributed by atoms with Crippen molar-refractivity contribution in [2.24, 2.45) is 0 Å². The number of rotatable bonds is 2. The molecule has 0 spiro atoms. The molecule has 0 saturated heterocycles. The van der Waals surface area contributed by atoms with Crippen molar-refractivity contribution in [3.05, 3.63) is 63.8 Å². The lowest BCUT2D eigenvalue weighted by Gasteiger charge is -2.05. The topological polar surface area (TPSA) is 67.4 Å². The largest absolute Gasteiger partial charge is 0.497 e. The molecule has 116 valence electrons. The lowest BCUT2D eigenvalue weighted by atomic mass is 10.1. The van der Waals surface area contributed by atoms with Gasteiger partial charge in [0.05, 0.1) is 18.4 Å². The van der Waals surface area contributed by atoms with Crippen LogP contribution in [0.4, 0.5) is 5.69 Å². The van der Waals surface area contributed by atoms with Crippen molar-refractivity contribution in [2.45, 2.75) is 0 Å². The molecule has 2 N–H and O–H groups in total. The van der Waals surface area contributed by atoms with Crippen LogP contribution in [0.5, 0.6) is 5.75 Å². The van der Waals surface area contributed by atoms with Crippen LogP contribution in [-0.4, -0.2) is 18.9 Å². The zero-order valence-corrected chi connectivity index (χ0v) is 13.8. The third kappa shape index (κ3) is 3.27. The average molecular weight is 373 g/mol. The number of benzene rings is 2. The zero-order chi connectivity index (χ0) is 16.4. The molecule has 0 fully saturated rings. The summed E-state index contributed by atoms with van der Waals surface area (Å²) in [4.78, 5) is 24.6. The number of nitrogens with one attached hydrogen (secondary N) is 2. The number of carbonyl (C=O) groups is 2. The lowest BCUT2D eigenvalue weighted by Crippen LogP contribution is -2.26. The Balaban J connectivity index is 1.94. The van der Waals surface area contributed by atoms with E-state index >= 15 is 0 Å². The van der Waals surface area contributed by atoms with Crippen molar-refractivity contribution in [2.75, 3.05) is 12.4 Å². The fourth-order valence-corrected chi connectivity index (χ4v) is 2.58. The van der Waals surface area contributed by atoms with Crippen LogP contribution in [-0.2, 0) is 4.79 Å². The standard InChI is InChI=1S/C17H13BrN2O3/c1-23-12-5-2-10(3-6-12)8-15-17(22)19-14-7-4-11(18)9-13(14)16(21)20-15/h2-9H,1H3,(H,19,22)(H,20,21). The predicted molar refractivity (Wildman–Crippen MR) is 91.2 cm³/mol. The van der Waals surface area contributed by atoms with E-state index in [4.69, 9.17) is 4.74 Å². The number of amides is 2. The Kier molecular flexibility index (Phi) is 4.16. The monoisotopic (exact) mass is 372 g/mol. The molecule has 0 saturated carbocycles. The van der Waals surface area contributed by atoms with E-state index in [1.807, 2.05) is 0 Å². The highest BCUT2D eigenvalue weighted by Crippen LogP contribution is 2.24. The van der Waals surface area contributed by atoms with Gasteiger partial charge in [0, 0.05) is 4.47 Å². The van der Waals surface area contributed by atoms with Gasteiger partial charge in [-0.25, -0.2) is 0 Å². The van der Waals surface area contributed by atoms with Gasteiger partial charge in [0.1, 0.15) is 11.4 Å². The van der Waals surface area contributed by atoms with Crippen LogP contribution >= 0.6 is 15.9 Å². The van der Waals surface area contributed by atoms with Crippen molar-refractivity contribution in [1.29, 1.82) is 0 Å². The Hall–Kier alpha value is -2.60. The number of hydrogen-bond acceptors (Lipinski definition) is 3. The SMILES string of the molecule is COc1ccc(C=C2NC(=O)c3cc(Br)ccc3NC2=O)cc1. The molecule has 0 atom stereocenters. The van der Waals surface area contributed by atoms with Crippen molar-refractivity contribution < 1.29 is 14.3 Å². The van der Waals surface area contributed by atoms with Gasteiger partial charge in [-0.05, 0) is 42.0 Å². The number of methoxy groups -OCH3 is 1. The maximum atomic E-state index is 12.3. The van der Waals surface area contributed by atoms with Crippen molar-refractivity contribution >= 4 is 39.5 Å². The first-order chi connectivity index (χ1) is 11.1. The van der Waals surface area contributed by atoms with E-state index in [1.165, 1.54) is 0 Å². The Morgan fingerprint density at radius 1 is 1.00 bits per heavy atom. The van der Waals surface area contributed by atoms with Crippen LogP contribution in [0.25, 0.3) is 6.08 Å². The Bertz CT molecular complexity index is 813. The van der Waals surface area contributed by atoms with Gasteiger partial charge in [-0.3, -0.25) is 9.59 Å². The van der Waals surface area contributed by atoms with Gasteiger partial charge in [-0.2, -0.15) is 0 Å². The highest BCUT2D eigenvalue weighted by molar-refractivity contribution is 9.10. The Morgan fingerprint density at radius 3 is 2.43 bits per heavy atom. The molecular weight excluding hydrogens is 360 g/mol. The molecule has 1 aliphatic rings. The third-order valence-corrected chi connectivity index (χ3v) is 3.89. The van der Waals surface area contributed by atoms with Crippen LogP contribution in [0.2, 0.25) is 0 Å². The smallest absolute Gasteiger partial charge is 0.272 e. The minimum atomic E-state index is -0.366. The number of halogens is 1. The molecule has 0 aliphatic carbocycles. The highest BCUT2D eigenvalue weighted by Gasteiger charge is 2.23. The van der Waals surface area contributed by atoms with E-state index in [2.05, 4.69) is 26.6 Å². The summed E-state index contributed by atoms with van der Waals surface area (Å²) in [7, 11) is 1.59. The van der Waals surface area contributed by atoms with Gasteiger partial charge in [0.25, 0.3) is 11.8 Å². The van der Waals surface area contributed by atoms with Crippen molar-refractivity contribution in [3.8, 4) is 5.75 Å². The minimum Gasteiger partial charge on any atom is -0.497 e. The number of carbonyl (C=O) groups excluding carboxylic acids is 2. The summed E-state index contributed by atoms with van der Waals surface area (Å²) in [6.07, 6.45) is 1.62. The normalized spacial score (nSPS) is 15.5. The summed E-state index contributed by atoms with van der Waals surface area (Å²) < 4.78 is 5.86. The van der Waals surface area contributed by atoms with Crippen molar-refractivity contribution in [3.63, 3.8) is 0 Å².